The Kier molecular flexibility index (Phi) is 4.31. The molecule has 138 valence electrons. The highest BCUT2D eigenvalue weighted by Gasteiger charge is 2.34. The zero-order valence-electron chi connectivity index (χ0n) is 14.4. The van der Waals surface area contributed by atoms with Crippen molar-refractivity contribution in [1.82, 2.24) is 14.8 Å². The molecule has 1 unspecified atom stereocenters. The summed E-state index contributed by atoms with van der Waals surface area (Å²) in [5.74, 6) is -2.33. The highest BCUT2D eigenvalue weighted by molar-refractivity contribution is 5.94. The standard InChI is InChI=1S/C19H16F2N4O2/c1-27-15-5-4-14(20)18(21)17(15)12-7-16(26)24-19-13(12)9-23-25(19)10-11-3-2-6-22-8-11/h2-6,8-9,12H,7,10H2,1H3,(H,24,26). The lowest BCUT2D eigenvalue weighted by molar-refractivity contribution is -0.116. The molecule has 1 aliphatic rings. The SMILES string of the molecule is COc1ccc(F)c(F)c1C1CC(=O)Nc2c1cnn2Cc1cccnc1. The van der Waals surface area contributed by atoms with Gasteiger partial charge in [-0.05, 0) is 23.8 Å². The second-order valence-electron chi connectivity index (χ2n) is 6.25. The van der Waals surface area contributed by atoms with Crippen LogP contribution < -0.4 is 10.1 Å². The molecule has 1 aliphatic heterocycles. The topological polar surface area (TPSA) is 69.0 Å². The van der Waals surface area contributed by atoms with E-state index in [1.807, 2.05) is 6.07 Å². The number of benzene rings is 1. The van der Waals surface area contributed by atoms with Gasteiger partial charge in [-0.2, -0.15) is 5.10 Å². The summed E-state index contributed by atoms with van der Waals surface area (Å²) >= 11 is 0. The molecule has 0 fully saturated rings. The summed E-state index contributed by atoms with van der Waals surface area (Å²) in [5.41, 5.74) is 1.53. The number of amides is 1. The van der Waals surface area contributed by atoms with Crippen LogP contribution in [0.2, 0.25) is 0 Å². The van der Waals surface area contributed by atoms with Gasteiger partial charge in [0, 0.05) is 35.9 Å². The molecule has 1 aromatic carbocycles. The minimum Gasteiger partial charge on any atom is -0.496 e. The number of fused-ring (bicyclic) bond motifs is 1. The number of hydrogen-bond acceptors (Lipinski definition) is 4. The van der Waals surface area contributed by atoms with E-state index in [2.05, 4.69) is 15.4 Å². The van der Waals surface area contributed by atoms with Crippen molar-refractivity contribution in [3.8, 4) is 5.75 Å². The predicted octanol–water partition coefficient (Wildman–Crippen LogP) is 3.09. The van der Waals surface area contributed by atoms with Crippen LogP contribution in [0, 0.1) is 11.6 Å². The van der Waals surface area contributed by atoms with Crippen molar-refractivity contribution < 1.29 is 18.3 Å². The fraction of sp³-hybridized carbons (Fsp3) is 0.211. The zero-order chi connectivity index (χ0) is 19.0. The molecule has 27 heavy (non-hydrogen) atoms. The lowest BCUT2D eigenvalue weighted by Gasteiger charge is -2.25. The maximum absolute atomic E-state index is 14.6. The molecule has 6 nitrogen and oxygen atoms in total. The molecule has 1 atom stereocenters. The number of hydrogen-bond donors (Lipinski definition) is 1. The normalized spacial score (nSPS) is 16.0. The maximum Gasteiger partial charge on any atom is 0.226 e. The summed E-state index contributed by atoms with van der Waals surface area (Å²) in [4.78, 5) is 16.3. The second-order valence-corrected chi connectivity index (χ2v) is 6.25. The average Bonchev–Trinajstić information content (AvgIpc) is 3.06. The number of anilines is 1. The van der Waals surface area contributed by atoms with Crippen molar-refractivity contribution in [1.29, 1.82) is 0 Å². The molecule has 8 heteroatoms. The van der Waals surface area contributed by atoms with E-state index >= 15 is 0 Å². The number of nitrogens with zero attached hydrogens (tertiary/aromatic N) is 3. The molecular weight excluding hydrogens is 354 g/mol. The summed E-state index contributed by atoms with van der Waals surface area (Å²) in [5, 5.41) is 7.11. The second kappa shape index (κ2) is 6.79. The lowest BCUT2D eigenvalue weighted by atomic mass is 9.86. The van der Waals surface area contributed by atoms with Gasteiger partial charge < -0.3 is 10.1 Å². The molecule has 2 aromatic heterocycles. The van der Waals surface area contributed by atoms with Crippen LogP contribution in [0.15, 0.2) is 42.9 Å². The Hall–Kier alpha value is -3.29. The number of carbonyl (C=O) groups is 1. The van der Waals surface area contributed by atoms with Crippen molar-refractivity contribution in [2.75, 3.05) is 12.4 Å². The minimum absolute atomic E-state index is 0.0227. The molecule has 3 heterocycles. The number of pyridine rings is 1. The Morgan fingerprint density at radius 3 is 2.89 bits per heavy atom. The summed E-state index contributed by atoms with van der Waals surface area (Å²) < 4.78 is 35.3. The lowest BCUT2D eigenvalue weighted by Crippen LogP contribution is -2.26. The molecule has 3 aromatic rings. The van der Waals surface area contributed by atoms with Gasteiger partial charge in [-0.25, -0.2) is 13.5 Å². The van der Waals surface area contributed by atoms with Crippen LogP contribution in [0.25, 0.3) is 0 Å². The van der Waals surface area contributed by atoms with Crippen LogP contribution in [0.4, 0.5) is 14.6 Å². The maximum atomic E-state index is 14.6. The number of halogens is 2. The van der Waals surface area contributed by atoms with E-state index in [4.69, 9.17) is 4.74 Å². The Bertz CT molecular complexity index is 1000. The van der Waals surface area contributed by atoms with Crippen LogP contribution in [0.5, 0.6) is 5.75 Å². The van der Waals surface area contributed by atoms with Crippen molar-refractivity contribution in [2.24, 2.45) is 0 Å². The van der Waals surface area contributed by atoms with Gasteiger partial charge in [-0.1, -0.05) is 6.07 Å². The van der Waals surface area contributed by atoms with Crippen molar-refractivity contribution in [2.45, 2.75) is 18.9 Å². The average molecular weight is 370 g/mol. The summed E-state index contributed by atoms with van der Waals surface area (Å²) in [6, 6.07) is 6.06. The Morgan fingerprint density at radius 2 is 2.15 bits per heavy atom. The Morgan fingerprint density at radius 1 is 1.30 bits per heavy atom. The Labute approximate surface area is 153 Å². The van der Waals surface area contributed by atoms with E-state index in [1.165, 1.54) is 13.2 Å². The first-order chi connectivity index (χ1) is 13.1. The third-order valence-corrected chi connectivity index (χ3v) is 4.61. The van der Waals surface area contributed by atoms with E-state index in [0.717, 1.165) is 11.6 Å². The molecule has 4 rings (SSSR count). The first-order valence-electron chi connectivity index (χ1n) is 8.34. The number of aromatic nitrogens is 3. The first-order valence-corrected chi connectivity index (χ1v) is 8.34. The monoisotopic (exact) mass is 370 g/mol. The van der Waals surface area contributed by atoms with Crippen molar-refractivity contribution in [3.63, 3.8) is 0 Å². The molecule has 0 saturated carbocycles. The van der Waals surface area contributed by atoms with E-state index in [9.17, 15) is 13.6 Å². The molecule has 0 bridgehead atoms. The number of carbonyl (C=O) groups excluding carboxylic acids is 1. The van der Waals surface area contributed by atoms with Crippen LogP contribution in [-0.2, 0) is 11.3 Å². The molecule has 1 amide bonds. The van der Waals surface area contributed by atoms with Gasteiger partial charge >= 0.3 is 0 Å². The first kappa shape index (κ1) is 17.1. The Balaban J connectivity index is 1.79. The van der Waals surface area contributed by atoms with Crippen molar-refractivity contribution >= 4 is 11.7 Å². The van der Waals surface area contributed by atoms with Gasteiger partial charge in [0.2, 0.25) is 5.91 Å². The molecule has 0 saturated heterocycles. The van der Waals surface area contributed by atoms with Gasteiger partial charge in [0.15, 0.2) is 11.6 Å². The van der Waals surface area contributed by atoms with Gasteiger partial charge in [-0.15, -0.1) is 0 Å². The van der Waals surface area contributed by atoms with Gasteiger partial charge in [0.1, 0.15) is 11.6 Å². The van der Waals surface area contributed by atoms with Gasteiger partial charge in [0.05, 0.1) is 19.9 Å². The van der Waals surface area contributed by atoms with Crippen LogP contribution in [0.1, 0.15) is 29.0 Å². The van der Waals surface area contributed by atoms with E-state index in [-0.39, 0.29) is 23.6 Å². The predicted molar refractivity (Wildman–Crippen MR) is 93.6 cm³/mol. The summed E-state index contributed by atoms with van der Waals surface area (Å²) in [6.07, 6.45) is 4.91. The van der Waals surface area contributed by atoms with Crippen LogP contribution >= 0.6 is 0 Å². The fourth-order valence-corrected chi connectivity index (χ4v) is 3.36. The third-order valence-electron chi connectivity index (χ3n) is 4.61. The smallest absolute Gasteiger partial charge is 0.226 e. The summed E-state index contributed by atoms with van der Waals surface area (Å²) in [7, 11) is 1.38. The largest absolute Gasteiger partial charge is 0.496 e. The third kappa shape index (κ3) is 3.03. The molecule has 1 N–H and O–H groups in total. The van der Waals surface area contributed by atoms with Crippen LogP contribution in [-0.4, -0.2) is 27.8 Å². The summed E-state index contributed by atoms with van der Waals surface area (Å²) in [6.45, 7) is 0.388. The molecule has 0 aliphatic carbocycles. The van der Waals surface area contributed by atoms with Crippen molar-refractivity contribution in [3.05, 3.63) is 71.2 Å². The highest BCUT2D eigenvalue weighted by atomic mass is 19.2. The molecular formula is C19H16F2N4O2. The number of nitrogens with one attached hydrogen (secondary N) is 1. The molecule has 0 radical (unpaired) electrons. The fourth-order valence-electron chi connectivity index (χ4n) is 3.36. The highest BCUT2D eigenvalue weighted by Crippen LogP contribution is 2.42. The van der Waals surface area contributed by atoms with E-state index in [1.54, 1.807) is 29.3 Å². The van der Waals surface area contributed by atoms with E-state index < -0.39 is 17.6 Å². The number of ether oxygens (including phenoxy) is 1. The van der Waals surface area contributed by atoms with Crippen LogP contribution in [0.3, 0.4) is 0 Å². The number of methoxy groups -OCH3 is 1. The zero-order valence-corrected chi connectivity index (χ0v) is 14.4. The number of rotatable bonds is 4. The quantitative estimate of drug-likeness (QED) is 0.766. The van der Waals surface area contributed by atoms with E-state index in [0.29, 0.717) is 17.9 Å². The minimum atomic E-state index is -1.01. The van der Waals surface area contributed by atoms with Gasteiger partial charge in [0.25, 0.3) is 0 Å². The van der Waals surface area contributed by atoms with Gasteiger partial charge in [-0.3, -0.25) is 9.78 Å². The molecule has 0 spiro atoms.